The lowest BCUT2D eigenvalue weighted by Gasteiger charge is -2.14. The number of carbonyl (C=O) groups excluding carboxylic acids is 1. The number of alkyl carbamates (subject to hydrolysis) is 1. The summed E-state index contributed by atoms with van der Waals surface area (Å²) in [6.45, 7) is 2.61. The predicted octanol–water partition coefficient (Wildman–Crippen LogP) is 2.37. The van der Waals surface area contributed by atoms with Crippen LogP contribution in [-0.4, -0.2) is 26.2 Å². The summed E-state index contributed by atoms with van der Waals surface area (Å²) in [6.07, 6.45) is -0.377. The predicted molar refractivity (Wildman–Crippen MR) is 96.1 cm³/mol. The zero-order valence-electron chi connectivity index (χ0n) is 13.9. The van der Waals surface area contributed by atoms with Gasteiger partial charge in [-0.25, -0.2) is 4.79 Å². The van der Waals surface area contributed by atoms with Crippen LogP contribution in [0.25, 0.3) is 0 Å². The molecule has 0 fully saturated rings. The van der Waals surface area contributed by atoms with E-state index >= 15 is 0 Å². The molecule has 2 N–H and O–H groups in total. The molecular formula is C19H24ClN2O2+. The van der Waals surface area contributed by atoms with Crippen molar-refractivity contribution in [2.24, 2.45) is 0 Å². The van der Waals surface area contributed by atoms with Gasteiger partial charge in [-0.1, -0.05) is 54.6 Å². The molecule has 0 radical (unpaired) electrons. The summed E-state index contributed by atoms with van der Waals surface area (Å²) in [6, 6.07) is 17.9. The zero-order chi connectivity index (χ0) is 17.2. The standard InChI is InChI=1S/C19H23ClN2O2/c1-22(14-17-9-7-16(13-20)8-10-17)12-11-21-19(23)24-15-18-5-3-2-4-6-18/h2-10H,11-15H2,1H3,(H,21,23)/p+1. The highest BCUT2D eigenvalue weighted by Crippen LogP contribution is 2.05. The second kappa shape index (κ2) is 9.96. The Balaban J connectivity index is 1.62. The van der Waals surface area contributed by atoms with Crippen LogP contribution < -0.4 is 10.2 Å². The number of halogens is 1. The van der Waals surface area contributed by atoms with E-state index in [1.54, 1.807) is 0 Å². The molecule has 0 saturated carbocycles. The van der Waals surface area contributed by atoms with Gasteiger partial charge in [-0.2, -0.15) is 0 Å². The Morgan fingerprint density at radius 2 is 1.71 bits per heavy atom. The SMILES string of the molecule is C[NH+](CCNC(=O)OCc1ccccc1)Cc1ccc(CCl)cc1. The molecule has 2 aromatic carbocycles. The van der Waals surface area contributed by atoms with Crippen LogP contribution in [0, 0.1) is 0 Å². The summed E-state index contributed by atoms with van der Waals surface area (Å²) >= 11 is 5.79. The monoisotopic (exact) mass is 347 g/mol. The first kappa shape index (κ1) is 18.3. The van der Waals surface area contributed by atoms with Crippen molar-refractivity contribution >= 4 is 17.7 Å². The van der Waals surface area contributed by atoms with Crippen LogP contribution in [0.5, 0.6) is 0 Å². The first-order valence-electron chi connectivity index (χ1n) is 8.07. The molecule has 5 heteroatoms. The molecular weight excluding hydrogens is 324 g/mol. The third kappa shape index (κ3) is 6.60. The van der Waals surface area contributed by atoms with E-state index in [0.717, 1.165) is 24.2 Å². The number of ether oxygens (including phenoxy) is 1. The molecule has 0 aliphatic heterocycles. The van der Waals surface area contributed by atoms with Gasteiger partial charge in [0.2, 0.25) is 0 Å². The van der Waals surface area contributed by atoms with Crippen molar-refractivity contribution in [3.63, 3.8) is 0 Å². The molecule has 0 bridgehead atoms. The maximum absolute atomic E-state index is 11.7. The molecule has 0 aliphatic rings. The van der Waals surface area contributed by atoms with Gasteiger partial charge in [-0.15, -0.1) is 11.6 Å². The van der Waals surface area contributed by atoms with E-state index in [1.165, 1.54) is 10.5 Å². The number of hydrogen-bond donors (Lipinski definition) is 2. The van der Waals surface area contributed by atoms with E-state index in [4.69, 9.17) is 16.3 Å². The maximum Gasteiger partial charge on any atom is 0.407 e. The zero-order valence-corrected chi connectivity index (χ0v) is 14.7. The number of quaternary nitrogens is 1. The number of benzene rings is 2. The number of nitrogens with one attached hydrogen (secondary N) is 2. The second-order valence-electron chi connectivity index (χ2n) is 5.82. The maximum atomic E-state index is 11.7. The van der Waals surface area contributed by atoms with E-state index in [2.05, 4.69) is 36.6 Å². The Hall–Kier alpha value is -2.04. The Morgan fingerprint density at radius 1 is 1.04 bits per heavy atom. The van der Waals surface area contributed by atoms with Gasteiger partial charge in [-0.3, -0.25) is 0 Å². The summed E-state index contributed by atoms with van der Waals surface area (Å²) in [7, 11) is 2.10. The van der Waals surface area contributed by atoms with Gasteiger partial charge < -0.3 is 15.0 Å². The van der Waals surface area contributed by atoms with Crippen molar-refractivity contribution in [1.29, 1.82) is 0 Å². The van der Waals surface area contributed by atoms with Crippen LogP contribution in [0.2, 0.25) is 0 Å². The van der Waals surface area contributed by atoms with Crippen LogP contribution in [0.15, 0.2) is 54.6 Å². The normalized spacial score (nSPS) is 11.8. The van der Waals surface area contributed by atoms with Gasteiger partial charge in [0.1, 0.15) is 13.2 Å². The van der Waals surface area contributed by atoms with E-state index in [1.807, 2.05) is 30.3 Å². The van der Waals surface area contributed by atoms with Crippen molar-refractivity contribution in [3.05, 3.63) is 71.3 Å². The molecule has 0 heterocycles. The quantitative estimate of drug-likeness (QED) is 0.720. The third-order valence-electron chi connectivity index (χ3n) is 3.72. The molecule has 1 atom stereocenters. The van der Waals surface area contributed by atoms with Crippen molar-refractivity contribution in [2.45, 2.75) is 19.0 Å². The van der Waals surface area contributed by atoms with Crippen LogP contribution in [0.1, 0.15) is 16.7 Å². The van der Waals surface area contributed by atoms with Gasteiger partial charge in [0.25, 0.3) is 0 Å². The number of alkyl halides is 1. The van der Waals surface area contributed by atoms with Crippen LogP contribution in [0.3, 0.4) is 0 Å². The molecule has 1 unspecified atom stereocenters. The largest absolute Gasteiger partial charge is 0.445 e. The number of likely N-dealkylation sites (N-methyl/N-ethyl adjacent to an activating group) is 1. The van der Waals surface area contributed by atoms with Crippen LogP contribution in [-0.2, 0) is 23.8 Å². The molecule has 2 aromatic rings. The third-order valence-corrected chi connectivity index (χ3v) is 4.03. The first-order chi connectivity index (χ1) is 11.7. The van der Waals surface area contributed by atoms with Gasteiger partial charge >= 0.3 is 6.09 Å². The molecule has 4 nitrogen and oxygen atoms in total. The summed E-state index contributed by atoms with van der Waals surface area (Å²) in [4.78, 5) is 13.0. The molecule has 0 aromatic heterocycles. The Labute approximate surface area is 148 Å². The summed E-state index contributed by atoms with van der Waals surface area (Å²) in [5.74, 6) is 0.540. The average Bonchev–Trinajstić information content (AvgIpc) is 2.61. The van der Waals surface area contributed by atoms with Crippen molar-refractivity contribution < 1.29 is 14.4 Å². The lowest BCUT2D eigenvalue weighted by molar-refractivity contribution is -0.892. The highest BCUT2D eigenvalue weighted by Gasteiger charge is 2.06. The number of amides is 1. The van der Waals surface area contributed by atoms with E-state index < -0.39 is 0 Å². The van der Waals surface area contributed by atoms with Crippen LogP contribution in [0.4, 0.5) is 4.79 Å². The molecule has 1 amide bonds. The van der Waals surface area contributed by atoms with E-state index in [9.17, 15) is 4.79 Å². The lowest BCUT2D eigenvalue weighted by Crippen LogP contribution is -3.08. The minimum Gasteiger partial charge on any atom is -0.445 e. The van der Waals surface area contributed by atoms with Crippen molar-refractivity contribution in [2.75, 3.05) is 20.1 Å². The minimum absolute atomic E-state index is 0.294. The molecule has 128 valence electrons. The second-order valence-corrected chi connectivity index (χ2v) is 6.09. The lowest BCUT2D eigenvalue weighted by atomic mass is 10.1. The summed E-state index contributed by atoms with van der Waals surface area (Å²) in [5, 5.41) is 2.79. The van der Waals surface area contributed by atoms with Crippen molar-refractivity contribution in [3.8, 4) is 0 Å². The minimum atomic E-state index is -0.377. The summed E-state index contributed by atoms with van der Waals surface area (Å²) in [5.41, 5.74) is 3.37. The molecule has 24 heavy (non-hydrogen) atoms. The van der Waals surface area contributed by atoms with Gasteiger partial charge in [0, 0.05) is 11.4 Å². The smallest absolute Gasteiger partial charge is 0.407 e. The highest BCUT2D eigenvalue weighted by molar-refractivity contribution is 6.17. The van der Waals surface area contributed by atoms with Gasteiger partial charge in [0.15, 0.2) is 0 Å². The topological polar surface area (TPSA) is 42.8 Å². The average molecular weight is 348 g/mol. The molecule has 0 spiro atoms. The van der Waals surface area contributed by atoms with Gasteiger partial charge in [-0.05, 0) is 11.1 Å². The van der Waals surface area contributed by atoms with E-state index in [0.29, 0.717) is 19.0 Å². The molecule has 0 aliphatic carbocycles. The highest BCUT2D eigenvalue weighted by atomic mass is 35.5. The van der Waals surface area contributed by atoms with E-state index in [-0.39, 0.29) is 6.09 Å². The Kier molecular flexibility index (Phi) is 7.59. The van der Waals surface area contributed by atoms with Crippen LogP contribution >= 0.6 is 11.6 Å². The van der Waals surface area contributed by atoms with Crippen molar-refractivity contribution in [1.82, 2.24) is 5.32 Å². The first-order valence-corrected chi connectivity index (χ1v) is 8.60. The number of hydrogen-bond acceptors (Lipinski definition) is 2. The Morgan fingerprint density at radius 3 is 2.38 bits per heavy atom. The number of carbonyl (C=O) groups is 1. The fraction of sp³-hybridized carbons (Fsp3) is 0.316. The Bertz CT molecular complexity index is 617. The fourth-order valence-electron chi connectivity index (χ4n) is 2.34. The fourth-order valence-corrected chi connectivity index (χ4v) is 2.51. The van der Waals surface area contributed by atoms with Gasteiger partial charge in [0.05, 0.1) is 20.1 Å². The summed E-state index contributed by atoms with van der Waals surface area (Å²) < 4.78 is 5.18. The molecule has 0 saturated heterocycles. The molecule has 2 rings (SSSR count). The number of rotatable bonds is 8.